The van der Waals surface area contributed by atoms with E-state index in [-0.39, 0.29) is 31.0 Å². The predicted octanol–water partition coefficient (Wildman–Crippen LogP) is 1.18. The van der Waals surface area contributed by atoms with Crippen molar-refractivity contribution in [3.63, 3.8) is 0 Å². The molecule has 0 spiro atoms. The van der Waals surface area contributed by atoms with Crippen molar-refractivity contribution in [2.24, 2.45) is 0 Å². The van der Waals surface area contributed by atoms with Crippen molar-refractivity contribution in [3.05, 3.63) is 0 Å². The first-order chi connectivity index (χ1) is 7.92. The normalized spacial score (nSPS) is 13.3. The molecule has 0 aromatic heterocycles. The monoisotopic (exact) mass is 241 g/mol. The molecule has 2 atom stereocenters. The Kier molecular flexibility index (Phi) is 6.71. The highest BCUT2D eigenvalue weighted by atomic mass is 16.4. The Morgan fingerprint density at radius 2 is 2.12 bits per heavy atom. The van der Waals surface area contributed by atoms with Crippen LogP contribution in [0, 0.1) is 11.3 Å². The molecule has 0 bridgehead atoms. The van der Waals surface area contributed by atoms with Crippen molar-refractivity contribution in [3.8, 4) is 6.07 Å². The van der Waals surface area contributed by atoms with Gasteiger partial charge in [0, 0.05) is 19.1 Å². The summed E-state index contributed by atoms with van der Waals surface area (Å²) < 4.78 is 0. The third-order valence-corrected chi connectivity index (χ3v) is 2.61. The van der Waals surface area contributed by atoms with E-state index in [9.17, 15) is 9.59 Å². The minimum Gasteiger partial charge on any atom is -0.481 e. The van der Waals surface area contributed by atoms with Crippen LogP contribution >= 0.6 is 0 Å². The van der Waals surface area contributed by atoms with E-state index in [0.717, 1.165) is 0 Å². The third kappa shape index (κ3) is 5.76. The Morgan fingerprint density at radius 3 is 2.53 bits per heavy atom. The molecule has 6 heteroatoms. The summed E-state index contributed by atoms with van der Waals surface area (Å²) in [5, 5.41) is 19.8. The van der Waals surface area contributed by atoms with Crippen LogP contribution in [0.4, 0.5) is 4.79 Å². The number of carbonyl (C=O) groups is 2. The van der Waals surface area contributed by atoms with Crippen LogP contribution in [-0.2, 0) is 4.79 Å². The molecule has 0 heterocycles. The lowest BCUT2D eigenvalue weighted by molar-refractivity contribution is -0.137. The maximum atomic E-state index is 11.7. The van der Waals surface area contributed by atoms with Gasteiger partial charge in [-0.2, -0.15) is 5.26 Å². The van der Waals surface area contributed by atoms with Crippen LogP contribution in [0.2, 0.25) is 0 Å². The molecule has 0 aliphatic rings. The third-order valence-electron chi connectivity index (χ3n) is 2.61. The van der Waals surface area contributed by atoms with E-state index < -0.39 is 5.97 Å². The van der Waals surface area contributed by atoms with Gasteiger partial charge in [0.1, 0.15) is 0 Å². The number of carbonyl (C=O) groups excluding carboxylic acids is 1. The zero-order valence-corrected chi connectivity index (χ0v) is 10.4. The fraction of sp³-hybridized carbons (Fsp3) is 0.727. The highest BCUT2D eigenvalue weighted by Crippen LogP contribution is 2.03. The van der Waals surface area contributed by atoms with Crippen LogP contribution in [0.3, 0.4) is 0 Å². The van der Waals surface area contributed by atoms with Crippen molar-refractivity contribution in [2.45, 2.75) is 45.2 Å². The molecule has 0 aliphatic heterocycles. The molecular weight excluding hydrogens is 222 g/mol. The summed E-state index contributed by atoms with van der Waals surface area (Å²) in [6.07, 6.45) is 0.709. The quantitative estimate of drug-likeness (QED) is 0.730. The van der Waals surface area contributed by atoms with E-state index in [4.69, 9.17) is 10.4 Å². The van der Waals surface area contributed by atoms with Gasteiger partial charge in [-0.15, -0.1) is 0 Å². The van der Waals surface area contributed by atoms with Crippen molar-refractivity contribution in [1.82, 2.24) is 10.2 Å². The molecule has 0 aromatic rings. The zero-order chi connectivity index (χ0) is 13.4. The van der Waals surface area contributed by atoms with Gasteiger partial charge < -0.3 is 15.3 Å². The first-order valence-corrected chi connectivity index (χ1v) is 5.54. The molecule has 0 saturated carbocycles. The maximum Gasteiger partial charge on any atom is 0.317 e. The molecule has 96 valence electrons. The lowest BCUT2D eigenvalue weighted by Crippen LogP contribution is -2.46. The molecule has 2 unspecified atom stereocenters. The first kappa shape index (κ1) is 15.2. The SMILES string of the molecule is CCC(CC(=O)O)NC(=O)N(C)C(C)CC#N. The first-order valence-electron chi connectivity index (χ1n) is 5.54. The van der Waals surface area contributed by atoms with Gasteiger partial charge in [-0.3, -0.25) is 4.79 Å². The zero-order valence-electron chi connectivity index (χ0n) is 10.4. The second-order valence-corrected chi connectivity index (χ2v) is 3.97. The van der Waals surface area contributed by atoms with Crippen LogP contribution in [0.15, 0.2) is 0 Å². The van der Waals surface area contributed by atoms with Gasteiger partial charge in [-0.1, -0.05) is 6.92 Å². The van der Waals surface area contributed by atoms with E-state index in [0.29, 0.717) is 6.42 Å². The topological polar surface area (TPSA) is 93.4 Å². The Hall–Kier alpha value is -1.77. The van der Waals surface area contributed by atoms with E-state index >= 15 is 0 Å². The molecule has 6 nitrogen and oxygen atoms in total. The molecule has 0 aromatic carbocycles. The molecular formula is C11H19N3O3. The van der Waals surface area contributed by atoms with Gasteiger partial charge in [-0.25, -0.2) is 4.79 Å². The number of nitrogens with one attached hydrogen (secondary N) is 1. The van der Waals surface area contributed by atoms with Gasteiger partial charge in [0.25, 0.3) is 0 Å². The number of hydrogen-bond donors (Lipinski definition) is 2. The average molecular weight is 241 g/mol. The molecule has 2 N–H and O–H groups in total. The summed E-state index contributed by atoms with van der Waals surface area (Å²) in [7, 11) is 1.59. The number of nitriles is 1. The molecule has 0 radical (unpaired) electrons. The second kappa shape index (κ2) is 7.49. The average Bonchev–Trinajstić information content (AvgIpc) is 2.26. The summed E-state index contributed by atoms with van der Waals surface area (Å²) in [6.45, 7) is 3.58. The highest BCUT2D eigenvalue weighted by Gasteiger charge is 2.19. The molecule has 0 aliphatic carbocycles. The van der Waals surface area contributed by atoms with Gasteiger partial charge in [-0.05, 0) is 13.3 Å². The van der Waals surface area contributed by atoms with Crippen molar-refractivity contribution < 1.29 is 14.7 Å². The van der Waals surface area contributed by atoms with Crippen LogP contribution in [0.25, 0.3) is 0 Å². The number of hydrogen-bond acceptors (Lipinski definition) is 3. The van der Waals surface area contributed by atoms with E-state index in [2.05, 4.69) is 5.32 Å². The largest absolute Gasteiger partial charge is 0.481 e. The number of amides is 2. The summed E-state index contributed by atoms with van der Waals surface area (Å²) in [6, 6.07) is 1.07. The Bertz CT molecular complexity index is 312. The van der Waals surface area contributed by atoms with Gasteiger partial charge >= 0.3 is 12.0 Å². The minimum absolute atomic E-state index is 0.0945. The fourth-order valence-electron chi connectivity index (χ4n) is 1.25. The van der Waals surface area contributed by atoms with E-state index in [1.807, 2.05) is 13.0 Å². The summed E-state index contributed by atoms with van der Waals surface area (Å²) in [5.41, 5.74) is 0. The van der Waals surface area contributed by atoms with Crippen LogP contribution < -0.4 is 5.32 Å². The summed E-state index contributed by atoms with van der Waals surface area (Å²) >= 11 is 0. The molecule has 0 saturated heterocycles. The molecule has 17 heavy (non-hydrogen) atoms. The number of carboxylic acids is 1. The number of nitrogens with zero attached hydrogens (tertiary/aromatic N) is 2. The van der Waals surface area contributed by atoms with Crippen molar-refractivity contribution in [1.29, 1.82) is 5.26 Å². The fourth-order valence-corrected chi connectivity index (χ4v) is 1.25. The summed E-state index contributed by atoms with van der Waals surface area (Å²) in [5.74, 6) is -0.940. The number of aliphatic carboxylic acids is 1. The van der Waals surface area contributed by atoms with Gasteiger partial charge in [0.05, 0.1) is 18.9 Å². The lowest BCUT2D eigenvalue weighted by Gasteiger charge is -2.25. The maximum absolute atomic E-state index is 11.7. The number of carboxylic acid groups (broad SMARTS) is 1. The van der Waals surface area contributed by atoms with Gasteiger partial charge in [0.15, 0.2) is 0 Å². The Morgan fingerprint density at radius 1 is 1.53 bits per heavy atom. The smallest absolute Gasteiger partial charge is 0.317 e. The van der Waals surface area contributed by atoms with Crippen LogP contribution in [0.1, 0.15) is 33.1 Å². The molecule has 2 amide bonds. The number of urea groups is 1. The number of rotatable bonds is 6. The van der Waals surface area contributed by atoms with E-state index in [1.54, 1.807) is 14.0 Å². The Labute approximate surface area is 101 Å². The van der Waals surface area contributed by atoms with Gasteiger partial charge in [0.2, 0.25) is 0 Å². The van der Waals surface area contributed by atoms with Crippen molar-refractivity contribution in [2.75, 3.05) is 7.05 Å². The minimum atomic E-state index is -0.940. The second-order valence-electron chi connectivity index (χ2n) is 3.97. The molecule has 0 fully saturated rings. The lowest BCUT2D eigenvalue weighted by atomic mass is 10.1. The standard InChI is InChI=1S/C11H19N3O3/c1-4-9(7-10(15)16)13-11(17)14(3)8(2)5-6-12/h8-9H,4-5,7H2,1-3H3,(H,13,17)(H,15,16). The van der Waals surface area contributed by atoms with Crippen LogP contribution in [-0.4, -0.2) is 41.1 Å². The highest BCUT2D eigenvalue weighted by molar-refractivity contribution is 5.76. The van der Waals surface area contributed by atoms with E-state index in [1.165, 1.54) is 4.90 Å². The van der Waals surface area contributed by atoms with Crippen LogP contribution in [0.5, 0.6) is 0 Å². The molecule has 0 rings (SSSR count). The van der Waals surface area contributed by atoms with Crippen molar-refractivity contribution >= 4 is 12.0 Å². The Balaban J connectivity index is 4.31. The summed E-state index contributed by atoms with van der Waals surface area (Å²) in [4.78, 5) is 23.7. The predicted molar refractivity (Wildman–Crippen MR) is 62.3 cm³/mol.